The van der Waals surface area contributed by atoms with E-state index in [1.54, 1.807) is 53.2 Å². The highest BCUT2D eigenvalue weighted by atomic mass is 35.5. The molecular formula is C25H22Cl2N4O4. The molecule has 0 radical (unpaired) electrons. The number of methoxy groups -OCH3 is 1. The number of hydrogen-bond donors (Lipinski definition) is 1. The second-order valence-corrected chi connectivity index (χ2v) is 8.42. The Bertz CT molecular complexity index is 1300. The van der Waals surface area contributed by atoms with Crippen molar-refractivity contribution in [3.05, 3.63) is 88.9 Å². The molecule has 10 heteroatoms. The highest BCUT2D eigenvalue weighted by Crippen LogP contribution is 2.26. The molecule has 8 nitrogen and oxygen atoms in total. The van der Waals surface area contributed by atoms with Gasteiger partial charge in [-0.2, -0.15) is 0 Å². The Balaban J connectivity index is 1.61. The zero-order valence-corrected chi connectivity index (χ0v) is 20.3. The quantitative estimate of drug-likeness (QED) is 0.334. The van der Waals surface area contributed by atoms with Gasteiger partial charge < -0.3 is 14.1 Å². The largest absolute Gasteiger partial charge is 0.459 e. The minimum absolute atomic E-state index is 0.138. The summed E-state index contributed by atoms with van der Waals surface area (Å²) in [6.45, 7) is 0.251. The van der Waals surface area contributed by atoms with Crippen molar-refractivity contribution < 1.29 is 18.7 Å². The van der Waals surface area contributed by atoms with Crippen LogP contribution in [-0.4, -0.2) is 53.1 Å². The third kappa shape index (κ3) is 6.10. The minimum atomic E-state index is -0.433. The first-order chi connectivity index (χ1) is 16.9. The van der Waals surface area contributed by atoms with Crippen LogP contribution in [0.25, 0.3) is 16.9 Å². The molecule has 0 saturated heterocycles. The zero-order chi connectivity index (χ0) is 24.8. The lowest BCUT2D eigenvalue weighted by atomic mass is 10.2. The first-order valence-corrected chi connectivity index (χ1v) is 11.4. The number of amides is 2. The highest BCUT2D eigenvalue weighted by molar-refractivity contribution is 6.31. The van der Waals surface area contributed by atoms with E-state index >= 15 is 0 Å². The van der Waals surface area contributed by atoms with E-state index in [4.69, 9.17) is 32.4 Å². The lowest BCUT2D eigenvalue weighted by Gasteiger charge is -2.20. The summed E-state index contributed by atoms with van der Waals surface area (Å²) in [5.41, 5.74) is 2.16. The van der Waals surface area contributed by atoms with Crippen LogP contribution < -0.4 is 5.32 Å². The number of furan rings is 1. The van der Waals surface area contributed by atoms with E-state index in [-0.39, 0.29) is 31.4 Å². The number of hydrogen-bond acceptors (Lipinski definition) is 5. The number of imidazole rings is 1. The van der Waals surface area contributed by atoms with Crippen molar-refractivity contribution in [2.45, 2.75) is 0 Å². The predicted octanol–water partition coefficient (Wildman–Crippen LogP) is 5.17. The Hall–Kier alpha value is -3.59. The molecule has 1 N–H and O–H groups in total. The number of benzene rings is 2. The zero-order valence-electron chi connectivity index (χ0n) is 18.8. The fraction of sp³-hybridized carbons (Fsp3) is 0.160. The minimum Gasteiger partial charge on any atom is -0.459 e. The van der Waals surface area contributed by atoms with Crippen molar-refractivity contribution in [2.24, 2.45) is 0 Å². The number of nitrogens with zero attached hydrogens (tertiary/aromatic N) is 3. The van der Waals surface area contributed by atoms with Crippen LogP contribution in [0.4, 0.5) is 5.95 Å². The number of ether oxygens (including phenoxy) is 1. The lowest BCUT2D eigenvalue weighted by Crippen LogP contribution is -2.40. The van der Waals surface area contributed by atoms with Gasteiger partial charge in [-0.1, -0.05) is 41.4 Å². The van der Waals surface area contributed by atoms with Gasteiger partial charge in [0.1, 0.15) is 6.54 Å². The summed E-state index contributed by atoms with van der Waals surface area (Å²) in [6, 6.07) is 17.5. The number of anilines is 1. The maximum Gasteiger partial charge on any atom is 0.290 e. The standard InChI is InChI=1S/C25H22Cl2N4O4/c1-34-13-11-30(24(33)22-6-3-12-35-22)16-23(32)29-25-28-21(17-7-9-18(26)10-8-17)15-31(25)20-5-2-4-19(27)14-20/h2-10,12,14-15H,11,13,16H2,1H3,(H,28,29,32). The number of carbonyl (C=O) groups excluding carboxylic acids is 2. The van der Waals surface area contributed by atoms with Crippen LogP contribution >= 0.6 is 23.2 Å². The Morgan fingerprint density at radius 2 is 1.89 bits per heavy atom. The van der Waals surface area contributed by atoms with Gasteiger partial charge in [0.05, 0.1) is 18.6 Å². The molecular weight excluding hydrogens is 491 g/mol. The van der Waals surface area contributed by atoms with Crippen LogP contribution in [0.5, 0.6) is 0 Å². The average molecular weight is 513 g/mol. The summed E-state index contributed by atoms with van der Waals surface area (Å²) in [7, 11) is 1.52. The van der Waals surface area contributed by atoms with E-state index in [2.05, 4.69) is 10.3 Å². The molecule has 2 aromatic heterocycles. The van der Waals surface area contributed by atoms with Gasteiger partial charge in [-0.15, -0.1) is 0 Å². The molecule has 35 heavy (non-hydrogen) atoms. The van der Waals surface area contributed by atoms with E-state index in [9.17, 15) is 9.59 Å². The second-order valence-electron chi connectivity index (χ2n) is 7.55. The van der Waals surface area contributed by atoms with Crippen LogP contribution in [0, 0.1) is 0 Å². The van der Waals surface area contributed by atoms with Gasteiger partial charge in [-0.25, -0.2) is 4.98 Å². The van der Waals surface area contributed by atoms with Crippen molar-refractivity contribution in [3.63, 3.8) is 0 Å². The second kappa shape index (κ2) is 11.2. The smallest absolute Gasteiger partial charge is 0.290 e. The summed E-state index contributed by atoms with van der Waals surface area (Å²) < 4.78 is 12.0. The number of carbonyl (C=O) groups is 2. The first-order valence-electron chi connectivity index (χ1n) is 10.7. The Morgan fingerprint density at radius 1 is 1.09 bits per heavy atom. The summed E-state index contributed by atoms with van der Waals surface area (Å²) in [4.78, 5) is 31.8. The molecule has 4 aromatic rings. The van der Waals surface area contributed by atoms with Gasteiger partial charge in [-0.3, -0.25) is 19.5 Å². The van der Waals surface area contributed by atoms with Gasteiger partial charge in [0.2, 0.25) is 11.9 Å². The molecule has 2 amide bonds. The summed E-state index contributed by atoms with van der Waals surface area (Å²) in [6.07, 6.45) is 3.20. The van der Waals surface area contributed by atoms with Gasteiger partial charge in [-0.05, 0) is 42.5 Å². The van der Waals surface area contributed by atoms with Crippen LogP contribution in [0.1, 0.15) is 10.6 Å². The topological polar surface area (TPSA) is 89.6 Å². The molecule has 2 heterocycles. The summed E-state index contributed by atoms with van der Waals surface area (Å²) in [5, 5.41) is 3.96. The van der Waals surface area contributed by atoms with Gasteiger partial charge in [0.25, 0.3) is 5.91 Å². The average Bonchev–Trinajstić information content (AvgIpc) is 3.52. The molecule has 0 aliphatic carbocycles. The van der Waals surface area contributed by atoms with Gasteiger partial charge in [0.15, 0.2) is 5.76 Å². The maximum atomic E-state index is 13.0. The molecule has 0 aliphatic heterocycles. The molecule has 0 bridgehead atoms. The summed E-state index contributed by atoms with van der Waals surface area (Å²) >= 11 is 12.2. The lowest BCUT2D eigenvalue weighted by molar-refractivity contribution is -0.117. The molecule has 0 fully saturated rings. The summed E-state index contributed by atoms with van der Waals surface area (Å²) in [5.74, 6) is -0.432. The number of rotatable bonds is 9. The molecule has 0 aliphatic rings. The van der Waals surface area contributed by atoms with E-state index in [1.165, 1.54) is 18.3 Å². The number of nitrogens with one attached hydrogen (secondary N) is 1. The SMILES string of the molecule is COCCN(CC(=O)Nc1nc(-c2ccc(Cl)cc2)cn1-c1cccc(Cl)c1)C(=O)c1ccco1. The monoisotopic (exact) mass is 512 g/mol. The third-order valence-corrected chi connectivity index (χ3v) is 5.59. The van der Waals surface area contributed by atoms with Gasteiger partial charge in [0, 0.05) is 41.1 Å². The Labute approximate surface area is 212 Å². The fourth-order valence-electron chi connectivity index (χ4n) is 3.40. The maximum absolute atomic E-state index is 13.0. The van der Waals surface area contributed by atoms with E-state index in [1.807, 2.05) is 18.2 Å². The number of halogens is 2. The molecule has 0 spiro atoms. The Kier molecular flexibility index (Phi) is 7.87. The first kappa shape index (κ1) is 24.5. The van der Waals surface area contributed by atoms with Crippen LogP contribution in [0.15, 0.2) is 77.5 Å². The van der Waals surface area contributed by atoms with E-state index < -0.39 is 11.8 Å². The van der Waals surface area contributed by atoms with Gasteiger partial charge >= 0.3 is 0 Å². The van der Waals surface area contributed by atoms with Crippen molar-refractivity contribution >= 4 is 41.0 Å². The van der Waals surface area contributed by atoms with Crippen molar-refractivity contribution in [1.29, 1.82) is 0 Å². The van der Waals surface area contributed by atoms with Crippen LogP contribution in [-0.2, 0) is 9.53 Å². The molecule has 2 aromatic carbocycles. The van der Waals surface area contributed by atoms with Crippen molar-refractivity contribution in [1.82, 2.24) is 14.5 Å². The Morgan fingerprint density at radius 3 is 2.57 bits per heavy atom. The molecule has 180 valence electrons. The molecule has 4 rings (SSSR count). The molecule has 0 saturated carbocycles. The molecule has 0 unspecified atom stereocenters. The van der Waals surface area contributed by atoms with Crippen LogP contribution in [0.3, 0.4) is 0 Å². The van der Waals surface area contributed by atoms with Crippen LogP contribution in [0.2, 0.25) is 10.0 Å². The van der Waals surface area contributed by atoms with Crippen molar-refractivity contribution in [2.75, 3.05) is 32.1 Å². The normalized spacial score (nSPS) is 10.8. The predicted molar refractivity (Wildman–Crippen MR) is 134 cm³/mol. The fourth-order valence-corrected chi connectivity index (χ4v) is 3.71. The van der Waals surface area contributed by atoms with E-state index in [0.29, 0.717) is 21.4 Å². The van der Waals surface area contributed by atoms with E-state index in [0.717, 1.165) is 5.56 Å². The third-order valence-electron chi connectivity index (χ3n) is 5.10. The number of aromatic nitrogens is 2. The molecule has 0 atom stereocenters. The van der Waals surface area contributed by atoms with Crippen molar-refractivity contribution in [3.8, 4) is 16.9 Å². The highest BCUT2D eigenvalue weighted by Gasteiger charge is 2.22.